The molecule has 88 valence electrons. The molecule has 0 aliphatic rings. The fourth-order valence-corrected chi connectivity index (χ4v) is 1.56. The second-order valence-electron chi connectivity index (χ2n) is 3.83. The first-order chi connectivity index (χ1) is 8.10. The zero-order chi connectivity index (χ0) is 12.4. The molecule has 0 saturated carbocycles. The number of anilines is 1. The van der Waals surface area contributed by atoms with Crippen molar-refractivity contribution in [2.75, 3.05) is 5.43 Å². The van der Waals surface area contributed by atoms with Gasteiger partial charge in [-0.25, -0.2) is 20.2 Å². The van der Waals surface area contributed by atoms with Crippen LogP contribution in [0.2, 0.25) is 0 Å². The van der Waals surface area contributed by atoms with Crippen molar-refractivity contribution in [2.45, 2.75) is 13.8 Å². The first kappa shape index (κ1) is 11.5. The Morgan fingerprint density at radius 2 is 1.94 bits per heavy atom. The molecule has 0 fully saturated rings. The minimum atomic E-state index is -0.237. The van der Waals surface area contributed by atoms with Crippen LogP contribution in [0.15, 0.2) is 24.3 Å². The molecule has 0 atom stereocenters. The van der Waals surface area contributed by atoms with Crippen LogP contribution in [0.25, 0.3) is 11.4 Å². The Kier molecular flexibility index (Phi) is 3.01. The van der Waals surface area contributed by atoms with Gasteiger partial charge < -0.3 is 5.43 Å². The Hall–Kier alpha value is -2.01. The number of halogens is 1. The number of hydrogen-bond acceptors (Lipinski definition) is 4. The van der Waals surface area contributed by atoms with E-state index in [2.05, 4.69) is 15.4 Å². The van der Waals surface area contributed by atoms with Crippen LogP contribution >= 0.6 is 0 Å². The molecule has 0 aliphatic carbocycles. The van der Waals surface area contributed by atoms with Crippen LogP contribution in [0.1, 0.15) is 11.3 Å². The third-order valence-corrected chi connectivity index (χ3v) is 2.42. The van der Waals surface area contributed by atoms with Gasteiger partial charge in [0.05, 0.1) is 0 Å². The molecule has 4 nitrogen and oxygen atoms in total. The Morgan fingerprint density at radius 1 is 1.18 bits per heavy atom. The summed E-state index contributed by atoms with van der Waals surface area (Å²) in [5.41, 5.74) is 4.61. The van der Waals surface area contributed by atoms with Gasteiger partial charge in [-0.15, -0.1) is 0 Å². The number of nitrogens with one attached hydrogen (secondary N) is 1. The molecule has 0 amide bonds. The highest BCUT2D eigenvalue weighted by Gasteiger charge is 2.06. The number of aromatic nitrogens is 2. The number of aryl methyl sites for hydroxylation is 2. The molecular weight excluding hydrogens is 219 g/mol. The van der Waals surface area contributed by atoms with Crippen molar-refractivity contribution in [2.24, 2.45) is 5.84 Å². The zero-order valence-electron chi connectivity index (χ0n) is 9.66. The maximum absolute atomic E-state index is 13.2. The third kappa shape index (κ3) is 2.39. The molecular formula is C12H13FN4. The lowest BCUT2D eigenvalue weighted by atomic mass is 10.1. The van der Waals surface area contributed by atoms with Crippen molar-refractivity contribution in [1.82, 2.24) is 9.97 Å². The van der Waals surface area contributed by atoms with Crippen molar-refractivity contribution in [3.05, 3.63) is 41.3 Å². The van der Waals surface area contributed by atoms with Crippen LogP contribution in [-0.2, 0) is 0 Å². The van der Waals surface area contributed by atoms with Gasteiger partial charge in [-0.05, 0) is 37.6 Å². The van der Waals surface area contributed by atoms with E-state index in [1.165, 1.54) is 6.07 Å². The monoisotopic (exact) mass is 232 g/mol. The molecule has 0 unspecified atom stereocenters. The maximum atomic E-state index is 13.2. The average molecular weight is 232 g/mol. The van der Waals surface area contributed by atoms with E-state index >= 15 is 0 Å². The molecule has 2 rings (SSSR count). The Labute approximate surface area is 98.7 Å². The Balaban J connectivity index is 2.52. The normalized spacial score (nSPS) is 10.4. The van der Waals surface area contributed by atoms with Crippen LogP contribution < -0.4 is 11.3 Å². The predicted octanol–water partition coefficient (Wildman–Crippen LogP) is 2.19. The minimum Gasteiger partial charge on any atom is -0.308 e. The quantitative estimate of drug-likeness (QED) is 0.615. The molecule has 0 spiro atoms. The van der Waals surface area contributed by atoms with Gasteiger partial charge in [0.15, 0.2) is 5.82 Å². The summed E-state index contributed by atoms with van der Waals surface area (Å²) in [4.78, 5) is 8.52. The number of benzene rings is 1. The van der Waals surface area contributed by atoms with Crippen molar-refractivity contribution in [3.63, 3.8) is 0 Å². The minimum absolute atomic E-state index is 0.237. The molecule has 0 radical (unpaired) electrons. The smallest absolute Gasteiger partial charge is 0.161 e. The topological polar surface area (TPSA) is 63.8 Å². The van der Waals surface area contributed by atoms with Crippen LogP contribution in [0.3, 0.4) is 0 Å². The Bertz CT molecular complexity index is 554. The number of rotatable bonds is 2. The van der Waals surface area contributed by atoms with Crippen LogP contribution in [0.4, 0.5) is 10.2 Å². The van der Waals surface area contributed by atoms with E-state index in [4.69, 9.17) is 5.84 Å². The second-order valence-corrected chi connectivity index (χ2v) is 3.83. The second kappa shape index (κ2) is 4.47. The number of nitrogens with zero attached hydrogens (tertiary/aromatic N) is 2. The highest BCUT2D eigenvalue weighted by molar-refractivity contribution is 5.58. The largest absolute Gasteiger partial charge is 0.308 e. The molecule has 3 N–H and O–H groups in total. The van der Waals surface area contributed by atoms with Gasteiger partial charge >= 0.3 is 0 Å². The highest BCUT2D eigenvalue weighted by Crippen LogP contribution is 2.20. The van der Waals surface area contributed by atoms with Crippen molar-refractivity contribution in [1.29, 1.82) is 0 Å². The average Bonchev–Trinajstić information content (AvgIpc) is 2.32. The number of hydrogen-bond donors (Lipinski definition) is 2. The van der Waals surface area contributed by atoms with E-state index in [1.807, 2.05) is 6.92 Å². The van der Waals surface area contributed by atoms with Gasteiger partial charge in [0.25, 0.3) is 0 Å². The molecule has 0 saturated heterocycles. The summed E-state index contributed by atoms with van der Waals surface area (Å²) in [6, 6.07) is 6.51. The number of hydrazine groups is 1. The lowest BCUT2D eigenvalue weighted by Crippen LogP contribution is -2.10. The van der Waals surface area contributed by atoms with E-state index in [9.17, 15) is 4.39 Å². The van der Waals surface area contributed by atoms with E-state index in [1.54, 1.807) is 25.1 Å². The van der Waals surface area contributed by atoms with Crippen molar-refractivity contribution < 1.29 is 4.39 Å². The van der Waals surface area contributed by atoms with Crippen LogP contribution in [0, 0.1) is 19.7 Å². The van der Waals surface area contributed by atoms with Crippen LogP contribution in [-0.4, -0.2) is 9.97 Å². The van der Waals surface area contributed by atoms with Crippen molar-refractivity contribution in [3.8, 4) is 11.4 Å². The van der Waals surface area contributed by atoms with E-state index in [-0.39, 0.29) is 5.82 Å². The highest BCUT2D eigenvalue weighted by atomic mass is 19.1. The first-order valence-electron chi connectivity index (χ1n) is 5.19. The summed E-state index contributed by atoms with van der Waals surface area (Å²) in [5, 5.41) is 0. The molecule has 0 bridgehead atoms. The molecule has 1 aromatic carbocycles. The fourth-order valence-electron chi connectivity index (χ4n) is 1.56. The molecule has 0 aliphatic heterocycles. The fraction of sp³-hybridized carbons (Fsp3) is 0.167. The number of nitrogen functional groups attached to an aromatic ring is 1. The van der Waals surface area contributed by atoms with E-state index in [0.29, 0.717) is 17.2 Å². The Morgan fingerprint density at radius 3 is 2.59 bits per heavy atom. The van der Waals surface area contributed by atoms with E-state index < -0.39 is 0 Å². The lowest BCUT2D eigenvalue weighted by molar-refractivity contribution is 0.618. The number of nitrogens with two attached hydrogens (primary N) is 1. The third-order valence-electron chi connectivity index (χ3n) is 2.42. The van der Waals surface area contributed by atoms with Gasteiger partial charge in [-0.1, -0.05) is 0 Å². The van der Waals surface area contributed by atoms with Gasteiger partial charge in [-0.2, -0.15) is 0 Å². The van der Waals surface area contributed by atoms with Gasteiger partial charge in [0.1, 0.15) is 11.6 Å². The first-order valence-corrected chi connectivity index (χ1v) is 5.19. The molecule has 17 heavy (non-hydrogen) atoms. The van der Waals surface area contributed by atoms with Gasteiger partial charge in [0, 0.05) is 17.3 Å². The van der Waals surface area contributed by atoms with Crippen LogP contribution in [0.5, 0.6) is 0 Å². The molecule has 5 heteroatoms. The maximum Gasteiger partial charge on any atom is 0.161 e. The molecule has 1 heterocycles. The summed E-state index contributed by atoms with van der Waals surface area (Å²) in [5.74, 6) is 6.15. The lowest BCUT2D eigenvalue weighted by Gasteiger charge is -2.06. The molecule has 1 aromatic heterocycles. The summed E-state index contributed by atoms with van der Waals surface area (Å²) in [6.45, 7) is 3.55. The summed E-state index contributed by atoms with van der Waals surface area (Å²) in [7, 11) is 0. The predicted molar refractivity (Wildman–Crippen MR) is 64.7 cm³/mol. The summed E-state index contributed by atoms with van der Waals surface area (Å²) in [6.07, 6.45) is 0. The van der Waals surface area contributed by atoms with Gasteiger partial charge in [-0.3, -0.25) is 0 Å². The zero-order valence-corrected chi connectivity index (χ0v) is 9.66. The SMILES string of the molecule is Cc1cc(NN)nc(-c2ccc(F)c(C)c2)n1. The summed E-state index contributed by atoms with van der Waals surface area (Å²) < 4.78 is 13.2. The molecule has 2 aromatic rings. The summed E-state index contributed by atoms with van der Waals surface area (Å²) >= 11 is 0. The van der Waals surface area contributed by atoms with E-state index in [0.717, 1.165) is 11.3 Å². The van der Waals surface area contributed by atoms with Gasteiger partial charge in [0.2, 0.25) is 0 Å². The van der Waals surface area contributed by atoms with Crippen molar-refractivity contribution >= 4 is 5.82 Å². The standard InChI is InChI=1S/C12H13FN4/c1-7-5-9(3-4-10(7)13)12-15-8(2)6-11(16-12)17-14/h3-6H,14H2,1-2H3,(H,15,16,17).